The minimum atomic E-state index is -4.24. The summed E-state index contributed by atoms with van der Waals surface area (Å²) in [6.07, 6.45) is 4.54. The van der Waals surface area contributed by atoms with Crippen LogP contribution >= 0.6 is 0 Å². The van der Waals surface area contributed by atoms with E-state index in [2.05, 4.69) is 0 Å². The number of nitrogens with zero attached hydrogens (tertiary/aromatic N) is 2. The molecule has 0 unspecified atom stereocenters. The molecule has 5 aromatic rings. The molecule has 0 radical (unpaired) electrons. The Balaban J connectivity index is 0.00000288. The van der Waals surface area contributed by atoms with Crippen LogP contribution in [0.5, 0.6) is 0 Å². The van der Waals surface area contributed by atoms with E-state index >= 15 is 0 Å². The third kappa shape index (κ3) is 9.31. The molecule has 2 heterocycles. The van der Waals surface area contributed by atoms with Crippen LogP contribution in [0.25, 0.3) is 43.6 Å². The molecule has 0 bridgehead atoms. The zero-order valence-electron chi connectivity index (χ0n) is 26.2. The number of hydrogen-bond acceptors (Lipinski definition) is 8. The minimum absolute atomic E-state index is 0. The molecule has 3 aromatic carbocycles. The summed E-state index contributed by atoms with van der Waals surface area (Å²) >= 11 is 0. The van der Waals surface area contributed by atoms with Gasteiger partial charge in [0.05, 0.1) is 42.3 Å². The molecule has 10 nitrogen and oxygen atoms in total. The molecule has 46 heavy (non-hydrogen) atoms. The Hall–Kier alpha value is -1.58. The summed E-state index contributed by atoms with van der Waals surface area (Å²) in [5.74, 6) is -0.768. The van der Waals surface area contributed by atoms with E-state index < -0.39 is 20.2 Å². The predicted octanol–water partition coefficient (Wildman–Crippen LogP) is -1.16. The molecule has 0 saturated heterocycles. The molecule has 0 spiro atoms. The van der Waals surface area contributed by atoms with Crippen molar-refractivity contribution in [2.45, 2.75) is 64.5 Å². The van der Waals surface area contributed by atoms with Crippen LogP contribution in [-0.2, 0) is 33.3 Å². The first-order valence-corrected chi connectivity index (χ1v) is 18.0. The standard InChI is InChI=1S/C32H36N2O8S2.2Na/c35-31-23-13-5-7-15-27(23)33(17-9-1-3-11-19-43(37,38)39)29-21-26-30(22-25(29)31)34(18-10-2-4-12-20-44(40,41)42)28-16-8-6-14-24(28)32(26)36;;/h5-8,13-16,21-22H,1-4,9-12,17-20H2,(H,37,38,39)(H,40,41,42);;/q;2*+1/p-2. The van der Waals surface area contributed by atoms with Gasteiger partial charge in [0.15, 0.2) is 10.9 Å². The Bertz CT molecular complexity index is 2040. The van der Waals surface area contributed by atoms with E-state index in [9.17, 15) is 35.5 Å². The Labute approximate surface area is 312 Å². The van der Waals surface area contributed by atoms with Crippen molar-refractivity contribution in [1.29, 1.82) is 0 Å². The molecule has 2 aromatic heterocycles. The number of fused-ring (bicyclic) bond motifs is 4. The molecule has 0 aliphatic rings. The zero-order valence-corrected chi connectivity index (χ0v) is 31.9. The molecular formula is C32H34N2Na2O8S2. The predicted molar refractivity (Wildman–Crippen MR) is 171 cm³/mol. The molecular weight excluding hydrogens is 650 g/mol. The van der Waals surface area contributed by atoms with Gasteiger partial charge in [0, 0.05) is 46.1 Å². The van der Waals surface area contributed by atoms with Crippen LogP contribution in [0.1, 0.15) is 51.4 Å². The summed E-state index contributed by atoms with van der Waals surface area (Å²) in [7, 11) is -8.48. The zero-order chi connectivity index (χ0) is 31.5. The maximum absolute atomic E-state index is 13.8. The topological polar surface area (TPSA) is 158 Å². The van der Waals surface area contributed by atoms with Crippen molar-refractivity contribution in [2.75, 3.05) is 11.5 Å². The molecule has 0 N–H and O–H groups in total. The van der Waals surface area contributed by atoms with Crippen molar-refractivity contribution in [3.63, 3.8) is 0 Å². The number of para-hydroxylation sites is 2. The van der Waals surface area contributed by atoms with Crippen LogP contribution in [0.3, 0.4) is 0 Å². The Morgan fingerprint density at radius 3 is 1.20 bits per heavy atom. The van der Waals surface area contributed by atoms with E-state index in [0.29, 0.717) is 97.0 Å². The van der Waals surface area contributed by atoms with Gasteiger partial charge in [-0.1, -0.05) is 49.9 Å². The first-order chi connectivity index (χ1) is 20.9. The quantitative estimate of drug-likeness (QED) is 0.0614. The van der Waals surface area contributed by atoms with E-state index in [-0.39, 0.29) is 81.5 Å². The number of hydrogen-bond donors (Lipinski definition) is 0. The smallest absolute Gasteiger partial charge is 0.748 e. The van der Waals surface area contributed by atoms with Gasteiger partial charge < -0.3 is 18.2 Å². The monoisotopic (exact) mass is 684 g/mol. The van der Waals surface area contributed by atoms with Gasteiger partial charge in [0.25, 0.3) is 0 Å². The van der Waals surface area contributed by atoms with Crippen LogP contribution in [0, 0.1) is 0 Å². The van der Waals surface area contributed by atoms with E-state index in [1.54, 1.807) is 24.3 Å². The van der Waals surface area contributed by atoms with Crippen molar-refractivity contribution in [3.8, 4) is 0 Å². The Morgan fingerprint density at radius 2 is 0.826 bits per heavy atom. The van der Waals surface area contributed by atoms with Gasteiger partial charge in [-0.05, 0) is 62.1 Å². The molecule has 0 aliphatic carbocycles. The van der Waals surface area contributed by atoms with Crippen LogP contribution in [0.15, 0.2) is 70.3 Å². The maximum Gasteiger partial charge on any atom is 1.00 e. The number of benzene rings is 3. The third-order valence-corrected chi connectivity index (χ3v) is 9.69. The van der Waals surface area contributed by atoms with Crippen LogP contribution in [-0.4, -0.2) is 46.6 Å². The van der Waals surface area contributed by atoms with Crippen LogP contribution in [0.4, 0.5) is 0 Å². The summed E-state index contributed by atoms with van der Waals surface area (Å²) < 4.78 is 69.7. The second kappa shape index (κ2) is 16.7. The molecule has 0 aliphatic heterocycles. The largest absolute Gasteiger partial charge is 1.00 e. The fourth-order valence-electron chi connectivity index (χ4n) is 6.03. The fourth-order valence-corrected chi connectivity index (χ4v) is 7.14. The molecule has 0 fully saturated rings. The third-order valence-electron chi connectivity index (χ3n) is 8.12. The maximum atomic E-state index is 13.8. The number of pyridine rings is 2. The van der Waals surface area contributed by atoms with Crippen LogP contribution in [0.2, 0.25) is 0 Å². The number of aryl methyl sites for hydroxylation is 2. The Morgan fingerprint density at radius 1 is 0.478 bits per heavy atom. The SMILES string of the molecule is O=c1c2ccccc2n(CCCCCCS(=O)(=O)[O-])c2cc3c(=O)c4ccccc4n(CCCCCCS(=O)(=O)[O-])c3cc12.[Na+].[Na+]. The van der Waals surface area contributed by atoms with Gasteiger partial charge in [-0.3, -0.25) is 9.59 Å². The first-order valence-electron chi connectivity index (χ1n) is 14.8. The average Bonchev–Trinajstić information content (AvgIpc) is 2.98. The summed E-state index contributed by atoms with van der Waals surface area (Å²) in [5, 5.41) is 2.08. The van der Waals surface area contributed by atoms with Gasteiger partial charge in [-0.15, -0.1) is 0 Å². The van der Waals surface area contributed by atoms with E-state index in [0.717, 1.165) is 11.0 Å². The first kappa shape index (κ1) is 38.9. The number of rotatable bonds is 14. The van der Waals surface area contributed by atoms with Crippen molar-refractivity contribution < 1.29 is 85.1 Å². The minimum Gasteiger partial charge on any atom is -0.748 e. The van der Waals surface area contributed by atoms with Gasteiger partial charge in [-0.25, -0.2) is 16.8 Å². The summed E-state index contributed by atoms with van der Waals surface area (Å²) in [6, 6.07) is 18.3. The summed E-state index contributed by atoms with van der Waals surface area (Å²) in [5.41, 5.74) is 2.49. The molecule has 5 rings (SSSR count). The molecule has 0 atom stereocenters. The molecule has 0 amide bonds. The van der Waals surface area contributed by atoms with E-state index in [1.165, 1.54) is 0 Å². The van der Waals surface area contributed by atoms with Gasteiger partial charge in [0.1, 0.15) is 0 Å². The van der Waals surface area contributed by atoms with Crippen molar-refractivity contribution in [1.82, 2.24) is 9.13 Å². The molecule has 14 heteroatoms. The summed E-state index contributed by atoms with van der Waals surface area (Å²) in [6.45, 7) is 1.07. The van der Waals surface area contributed by atoms with Crippen molar-refractivity contribution in [2.24, 2.45) is 0 Å². The van der Waals surface area contributed by atoms with Crippen molar-refractivity contribution in [3.05, 3.63) is 81.1 Å². The fraction of sp³-hybridized carbons (Fsp3) is 0.375. The van der Waals surface area contributed by atoms with Gasteiger partial charge >= 0.3 is 59.1 Å². The van der Waals surface area contributed by atoms with E-state index in [1.807, 2.05) is 45.5 Å². The number of unbranched alkanes of at least 4 members (excludes halogenated alkanes) is 6. The summed E-state index contributed by atoms with van der Waals surface area (Å²) in [4.78, 5) is 27.6. The Kier molecular flexibility index (Phi) is 14.1. The second-order valence-corrected chi connectivity index (χ2v) is 14.3. The van der Waals surface area contributed by atoms with Gasteiger partial charge in [-0.2, -0.15) is 0 Å². The molecule has 0 saturated carbocycles. The van der Waals surface area contributed by atoms with E-state index in [4.69, 9.17) is 0 Å². The average molecular weight is 685 g/mol. The van der Waals surface area contributed by atoms with Gasteiger partial charge in [0.2, 0.25) is 0 Å². The van der Waals surface area contributed by atoms with Crippen LogP contribution < -0.4 is 70.0 Å². The second-order valence-electron chi connectivity index (χ2n) is 11.2. The van der Waals surface area contributed by atoms with Crippen molar-refractivity contribution >= 4 is 63.8 Å². The molecule has 234 valence electrons. The number of aromatic nitrogens is 2. The normalized spacial score (nSPS) is 12.0.